The van der Waals surface area contributed by atoms with Gasteiger partial charge in [-0.2, -0.15) is 0 Å². The van der Waals surface area contributed by atoms with E-state index >= 15 is 0 Å². The van der Waals surface area contributed by atoms with Crippen molar-refractivity contribution in [2.24, 2.45) is 4.99 Å². The van der Waals surface area contributed by atoms with Crippen molar-refractivity contribution in [3.05, 3.63) is 29.8 Å². The van der Waals surface area contributed by atoms with Crippen LogP contribution in [0.4, 0.5) is 15.3 Å². The molecule has 2 amide bonds. The second-order valence-corrected chi connectivity index (χ2v) is 6.86. The fourth-order valence-electron chi connectivity index (χ4n) is 2.03. The number of benzene rings is 1. The van der Waals surface area contributed by atoms with Crippen LogP contribution in [0.2, 0.25) is 0 Å². The van der Waals surface area contributed by atoms with Gasteiger partial charge in [-0.3, -0.25) is 5.32 Å². The van der Waals surface area contributed by atoms with E-state index in [1.807, 2.05) is 39.8 Å². The van der Waals surface area contributed by atoms with Gasteiger partial charge in [-0.1, -0.05) is 12.1 Å². The molecule has 1 rings (SSSR count). The molecule has 0 spiro atoms. The van der Waals surface area contributed by atoms with E-state index in [-0.39, 0.29) is 24.0 Å². The zero-order valence-corrected chi connectivity index (χ0v) is 20.0. The number of guanidine groups is 1. The highest BCUT2D eigenvalue weighted by atomic mass is 127. The Kier molecular flexibility index (Phi) is 12.8. The zero-order valence-electron chi connectivity index (χ0n) is 17.6. The minimum absolute atomic E-state index is 0. The number of hydrogen-bond donors (Lipinski definition) is 4. The molecular weight excluding hydrogens is 489 g/mol. The third-order valence-electron chi connectivity index (χ3n) is 3.24. The molecule has 29 heavy (non-hydrogen) atoms. The van der Waals surface area contributed by atoms with Crippen LogP contribution >= 0.6 is 24.0 Å². The van der Waals surface area contributed by atoms with Gasteiger partial charge < -0.3 is 25.4 Å². The third kappa shape index (κ3) is 12.8. The van der Waals surface area contributed by atoms with Crippen LogP contribution in [-0.4, -0.2) is 50.5 Å². The Hall–Kier alpha value is -2.24. The number of halogens is 1. The van der Waals surface area contributed by atoms with Gasteiger partial charge >= 0.3 is 12.2 Å². The van der Waals surface area contributed by atoms with Gasteiger partial charge in [0.1, 0.15) is 5.60 Å². The first kappa shape index (κ1) is 26.8. The number of rotatable bonds is 7. The third-order valence-corrected chi connectivity index (χ3v) is 3.24. The number of carbonyl (C=O) groups excluding carboxylic acids is 2. The number of methoxy groups -OCH3 is 1. The normalized spacial score (nSPS) is 11.0. The first-order chi connectivity index (χ1) is 13.2. The fourth-order valence-corrected chi connectivity index (χ4v) is 2.03. The van der Waals surface area contributed by atoms with E-state index < -0.39 is 17.8 Å². The fraction of sp³-hybridized carbons (Fsp3) is 0.526. The first-order valence-electron chi connectivity index (χ1n) is 9.16. The van der Waals surface area contributed by atoms with Crippen molar-refractivity contribution in [2.75, 3.05) is 32.1 Å². The largest absolute Gasteiger partial charge is 0.453 e. The molecule has 0 saturated carbocycles. The van der Waals surface area contributed by atoms with Crippen LogP contribution in [0.15, 0.2) is 29.3 Å². The summed E-state index contributed by atoms with van der Waals surface area (Å²) in [5, 5.41) is 11.6. The molecule has 0 saturated heterocycles. The molecule has 0 aliphatic rings. The highest BCUT2D eigenvalue weighted by Crippen LogP contribution is 2.10. The maximum absolute atomic E-state index is 11.6. The van der Waals surface area contributed by atoms with E-state index in [2.05, 4.69) is 31.0 Å². The Morgan fingerprint density at radius 1 is 1.00 bits per heavy atom. The summed E-state index contributed by atoms with van der Waals surface area (Å²) in [6.45, 7) is 9.53. The summed E-state index contributed by atoms with van der Waals surface area (Å²) in [6.07, 6.45) is -0.957. The number of carbonyl (C=O) groups is 2. The summed E-state index contributed by atoms with van der Waals surface area (Å²) in [6, 6.07) is 7.32. The van der Waals surface area contributed by atoms with Crippen LogP contribution in [0.1, 0.15) is 33.3 Å². The molecule has 4 N–H and O–H groups in total. The summed E-state index contributed by atoms with van der Waals surface area (Å²) in [5.41, 5.74) is 1.12. The van der Waals surface area contributed by atoms with E-state index in [0.717, 1.165) is 5.56 Å². The predicted molar refractivity (Wildman–Crippen MR) is 125 cm³/mol. The number of ether oxygens (including phenoxy) is 2. The lowest BCUT2D eigenvalue weighted by atomic mass is 10.2. The van der Waals surface area contributed by atoms with E-state index in [1.54, 1.807) is 12.1 Å². The number of anilines is 1. The Balaban J connectivity index is 0.00000784. The van der Waals surface area contributed by atoms with Crippen molar-refractivity contribution in [3.8, 4) is 0 Å². The molecule has 0 aliphatic carbocycles. The second kappa shape index (κ2) is 13.9. The Morgan fingerprint density at radius 3 is 2.17 bits per heavy atom. The molecule has 0 fully saturated rings. The summed E-state index contributed by atoms with van der Waals surface area (Å²) >= 11 is 0. The molecular formula is C19H32IN5O4. The number of nitrogens with one attached hydrogen (secondary N) is 4. The molecule has 9 nitrogen and oxygen atoms in total. The maximum Gasteiger partial charge on any atom is 0.411 e. The van der Waals surface area contributed by atoms with Gasteiger partial charge in [-0.25, -0.2) is 14.6 Å². The van der Waals surface area contributed by atoms with Crippen LogP contribution < -0.4 is 21.3 Å². The van der Waals surface area contributed by atoms with Crippen molar-refractivity contribution in [1.29, 1.82) is 0 Å². The molecule has 10 heteroatoms. The average molecular weight is 521 g/mol. The summed E-state index contributed by atoms with van der Waals surface area (Å²) in [5.74, 6) is 0.644. The van der Waals surface area contributed by atoms with Gasteiger partial charge in [0.2, 0.25) is 0 Å². The summed E-state index contributed by atoms with van der Waals surface area (Å²) < 4.78 is 9.73. The van der Waals surface area contributed by atoms with Gasteiger partial charge in [0, 0.05) is 25.3 Å². The lowest BCUT2D eigenvalue weighted by Gasteiger charge is -2.19. The number of alkyl carbamates (subject to hydrolysis) is 1. The van der Waals surface area contributed by atoms with Crippen molar-refractivity contribution in [2.45, 2.75) is 39.8 Å². The lowest BCUT2D eigenvalue weighted by Crippen LogP contribution is -2.42. The molecule has 0 aromatic heterocycles. The van der Waals surface area contributed by atoms with Crippen LogP contribution in [0.3, 0.4) is 0 Å². The molecule has 164 valence electrons. The van der Waals surface area contributed by atoms with E-state index in [1.165, 1.54) is 7.11 Å². The van der Waals surface area contributed by atoms with Gasteiger partial charge in [0.15, 0.2) is 5.96 Å². The molecule has 0 heterocycles. The smallest absolute Gasteiger partial charge is 0.411 e. The quantitative estimate of drug-likeness (QED) is 0.190. The molecule has 0 radical (unpaired) electrons. The Bertz CT molecular complexity index is 660. The average Bonchev–Trinajstić information content (AvgIpc) is 2.62. The monoisotopic (exact) mass is 521 g/mol. The minimum Gasteiger partial charge on any atom is -0.453 e. The Morgan fingerprint density at radius 2 is 1.62 bits per heavy atom. The maximum atomic E-state index is 11.6. The van der Waals surface area contributed by atoms with Crippen molar-refractivity contribution >= 4 is 47.8 Å². The highest BCUT2D eigenvalue weighted by Gasteiger charge is 2.15. The minimum atomic E-state index is -0.518. The molecule has 0 atom stereocenters. The lowest BCUT2D eigenvalue weighted by molar-refractivity contribution is 0.0529. The molecule has 0 unspecified atom stereocenters. The van der Waals surface area contributed by atoms with Crippen LogP contribution in [-0.2, 0) is 16.0 Å². The number of nitrogens with zero attached hydrogens (tertiary/aromatic N) is 1. The SMILES string of the molecule is CCNC(=NCc1ccc(NC(=O)OC)cc1)NCCNC(=O)OC(C)(C)C.I. The summed E-state index contributed by atoms with van der Waals surface area (Å²) in [4.78, 5) is 27.3. The van der Waals surface area contributed by atoms with Crippen LogP contribution in [0.25, 0.3) is 0 Å². The van der Waals surface area contributed by atoms with E-state index in [0.29, 0.717) is 37.8 Å². The first-order valence-corrected chi connectivity index (χ1v) is 9.16. The number of hydrogen-bond acceptors (Lipinski definition) is 5. The molecule has 1 aromatic carbocycles. The highest BCUT2D eigenvalue weighted by molar-refractivity contribution is 14.0. The topological polar surface area (TPSA) is 113 Å². The second-order valence-electron chi connectivity index (χ2n) is 6.86. The Labute approximate surface area is 189 Å². The van der Waals surface area contributed by atoms with Gasteiger partial charge in [-0.15, -0.1) is 24.0 Å². The standard InChI is InChI=1S/C19H31N5O4.HI/c1-6-20-16(21-11-12-22-17(25)28-19(2,3)4)23-13-14-7-9-15(10-8-14)24-18(26)27-5;/h7-10H,6,11-13H2,1-5H3,(H,22,25)(H,24,26)(H2,20,21,23);1H. The van der Waals surface area contributed by atoms with Crippen molar-refractivity contribution < 1.29 is 19.1 Å². The van der Waals surface area contributed by atoms with Gasteiger partial charge in [-0.05, 0) is 45.4 Å². The zero-order chi connectivity index (χ0) is 21.0. The van der Waals surface area contributed by atoms with Gasteiger partial charge in [0.25, 0.3) is 0 Å². The van der Waals surface area contributed by atoms with E-state index in [9.17, 15) is 9.59 Å². The predicted octanol–water partition coefficient (Wildman–Crippen LogP) is 3.06. The van der Waals surface area contributed by atoms with Gasteiger partial charge in [0.05, 0.1) is 13.7 Å². The summed E-state index contributed by atoms with van der Waals surface area (Å²) in [7, 11) is 1.32. The van der Waals surface area contributed by atoms with E-state index in [4.69, 9.17) is 4.74 Å². The number of aliphatic imine (C=N–C) groups is 1. The molecule has 0 aliphatic heterocycles. The number of amides is 2. The van der Waals surface area contributed by atoms with Crippen LogP contribution in [0, 0.1) is 0 Å². The van der Waals surface area contributed by atoms with Crippen molar-refractivity contribution in [1.82, 2.24) is 16.0 Å². The van der Waals surface area contributed by atoms with Crippen molar-refractivity contribution in [3.63, 3.8) is 0 Å². The van der Waals surface area contributed by atoms with Crippen LogP contribution in [0.5, 0.6) is 0 Å². The molecule has 0 bridgehead atoms. The molecule has 1 aromatic rings.